The second kappa shape index (κ2) is 19.1. The Labute approximate surface area is 499 Å². The fourth-order valence-corrected chi connectivity index (χ4v) is 14.6. The number of hydrogen-bond donors (Lipinski definition) is 0. The highest BCUT2D eigenvalue weighted by Crippen LogP contribution is 2.51. The summed E-state index contributed by atoms with van der Waals surface area (Å²) in [6.07, 6.45) is 0. The quantitative estimate of drug-likeness (QED) is 0.141. The lowest BCUT2D eigenvalue weighted by Crippen LogP contribution is -2.65. The summed E-state index contributed by atoms with van der Waals surface area (Å²) < 4.78 is 2.47. The van der Waals surface area contributed by atoms with E-state index in [9.17, 15) is 0 Å². The van der Waals surface area contributed by atoms with Gasteiger partial charge in [-0.2, -0.15) is 0 Å². The third-order valence-electron chi connectivity index (χ3n) is 18.0. The molecular formula is C77H51B2N7. The SMILES string of the molecule is c1ccc(N(c2ccccc2)c2cc3c4c(c2)N(c2ccccc2)c2nc5c(cc2B4c2ccccc2N3c2ccccc2)B2c3ccccc3N(c3ccccc3)c3cc(-n4c6ccccc6c6ccccc64)cc(c32)N5c2ccccc2)cc1. The first-order valence-corrected chi connectivity index (χ1v) is 29.6. The molecule has 0 unspecified atom stereocenters. The molecule has 0 bridgehead atoms. The summed E-state index contributed by atoms with van der Waals surface area (Å²) in [5.41, 5.74) is 24.7. The van der Waals surface area contributed by atoms with Crippen LogP contribution in [-0.2, 0) is 0 Å². The Hall–Kier alpha value is -11.3. The number of benzene rings is 12. The molecule has 0 radical (unpaired) electrons. The summed E-state index contributed by atoms with van der Waals surface area (Å²) in [5, 5.41) is 2.44. The minimum Gasteiger partial charge on any atom is -0.311 e. The van der Waals surface area contributed by atoms with Gasteiger partial charge in [-0.1, -0.05) is 188 Å². The molecule has 4 aliphatic rings. The molecule has 9 heteroatoms. The van der Waals surface area contributed by atoms with Crippen molar-refractivity contribution in [2.45, 2.75) is 0 Å². The van der Waals surface area contributed by atoms with Crippen LogP contribution in [-0.4, -0.2) is 23.0 Å². The highest BCUT2D eigenvalue weighted by molar-refractivity contribution is 7.03. The number of fused-ring (bicyclic) bond motifs is 11. The Morgan fingerprint density at radius 1 is 0.256 bits per heavy atom. The molecule has 0 saturated carbocycles. The monoisotopic (exact) mass is 1100 g/mol. The van der Waals surface area contributed by atoms with Crippen molar-refractivity contribution in [2.24, 2.45) is 0 Å². The lowest BCUT2D eigenvalue weighted by molar-refractivity contribution is 1.12. The molecule has 6 heterocycles. The number of pyridine rings is 1. The van der Waals surface area contributed by atoms with Gasteiger partial charge >= 0.3 is 0 Å². The average molecular weight is 1100 g/mol. The molecule has 12 aromatic carbocycles. The van der Waals surface area contributed by atoms with E-state index in [4.69, 9.17) is 4.98 Å². The maximum atomic E-state index is 6.36. The molecule has 0 saturated heterocycles. The lowest BCUT2D eigenvalue weighted by atomic mass is 9.30. The van der Waals surface area contributed by atoms with Gasteiger partial charge in [-0.05, 0) is 154 Å². The van der Waals surface area contributed by atoms with Crippen LogP contribution in [0, 0.1) is 0 Å². The maximum Gasteiger partial charge on any atom is 0.254 e. The number of aromatic nitrogens is 2. The number of rotatable bonds is 8. The lowest BCUT2D eigenvalue weighted by Gasteiger charge is -2.47. The van der Waals surface area contributed by atoms with E-state index < -0.39 is 0 Å². The van der Waals surface area contributed by atoms with Gasteiger partial charge in [0.15, 0.2) is 0 Å². The zero-order valence-electron chi connectivity index (χ0n) is 46.7. The van der Waals surface area contributed by atoms with Crippen molar-refractivity contribution in [3.05, 3.63) is 309 Å². The maximum absolute atomic E-state index is 6.36. The highest BCUT2D eigenvalue weighted by Gasteiger charge is 2.49. The Balaban J connectivity index is 0.971. The van der Waals surface area contributed by atoms with Gasteiger partial charge in [-0.15, -0.1) is 0 Å². The fourth-order valence-electron chi connectivity index (χ4n) is 14.6. The minimum atomic E-state index is -0.205. The second-order valence-corrected chi connectivity index (χ2v) is 22.7. The summed E-state index contributed by atoms with van der Waals surface area (Å²) >= 11 is 0. The first kappa shape index (κ1) is 48.3. The number of para-hydroxylation sites is 10. The molecule has 0 spiro atoms. The van der Waals surface area contributed by atoms with Crippen molar-refractivity contribution >= 4 is 154 Å². The molecule has 18 rings (SSSR count). The molecule has 400 valence electrons. The molecule has 2 aromatic heterocycles. The summed E-state index contributed by atoms with van der Waals surface area (Å²) in [5.74, 6) is 1.79. The van der Waals surface area contributed by atoms with E-state index in [-0.39, 0.29) is 13.4 Å². The number of hydrogen-bond acceptors (Lipinski definition) is 6. The van der Waals surface area contributed by atoms with Crippen molar-refractivity contribution < 1.29 is 0 Å². The molecule has 0 aliphatic carbocycles. The van der Waals surface area contributed by atoms with E-state index in [2.05, 4.69) is 338 Å². The van der Waals surface area contributed by atoms with E-state index in [1.54, 1.807) is 0 Å². The number of anilines is 15. The predicted octanol–water partition coefficient (Wildman–Crippen LogP) is 15.8. The third kappa shape index (κ3) is 7.15. The Morgan fingerprint density at radius 3 is 1.03 bits per heavy atom. The van der Waals surface area contributed by atoms with Gasteiger partial charge in [0.1, 0.15) is 11.6 Å². The highest BCUT2D eigenvalue weighted by atomic mass is 15.3. The van der Waals surface area contributed by atoms with Crippen LogP contribution in [0.4, 0.5) is 85.6 Å². The molecular weight excluding hydrogens is 1040 g/mol. The molecule has 14 aromatic rings. The third-order valence-corrected chi connectivity index (χ3v) is 18.0. The smallest absolute Gasteiger partial charge is 0.254 e. The van der Waals surface area contributed by atoms with E-state index in [0.29, 0.717) is 0 Å². The van der Waals surface area contributed by atoms with Crippen LogP contribution < -0.4 is 57.3 Å². The van der Waals surface area contributed by atoms with Crippen LogP contribution in [0.2, 0.25) is 0 Å². The van der Waals surface area contributed by atoms with Gasteiger partial charge in [0.2, 0.25) is 0 Å². The Morgan fingerprint density at radius 2 is 0.593 bits per heavy atom. The van der Waals surface area contributed by atoms with Crippen LogP contribution in [0.1, 0.15) is 0 Å². The molecule has 4 aliphatic heterocycles. The van der Waals surface area contributed by atoms with Gasteiger partial charge in [0.05, 0.1) is 22.4 Å². The van der Waals surface area contributed by atoms with Crippen molar-refractivity contribution in [3.8, 4) is 5.69 Å². The van der Waals surface area contributed by atoms with E-state index in [0.717, 1.165) is 113 Å². The molecule has 0 atom stereocenters. The standard InChI is InChI=1S/C77H51B2N7/c1-7-27-52(28-8-1)81(53-29-9-2-10-30-53)58-47-70-74-72(48-58)85(56-35-15-5-16-36-56)76-64(78(74)62-41-21-25-45-68(62)82(70)54-31-11-3-12-32-54)51-65-77(80-76)86(57-37-17-6-18-38-57)73-50-59(84-66-43-23-19-39-60(66)61-40-20-24-44-67(61)84)49-71-75(73)79(65)63-42-22-26-46-69(63)83(71)55-33-13-4-14-34-55/h1-51H. The number of nitrogens with zero attached hydrogens (tertiary/aromatic N) is 7. The van der Waals surface area contributed by atoms with Crippen LogP contribution in [0.15, 0.2) is 309 Å². The minimum absolute atomic E-state index is 0.200. The zero-order valence-corrected chi connectivity index (χ0v) is 46.7. The van der Waals surface area contributed by atoms with Crippen LogP contribution >= 0.6 is 0 Å². The van der Waals surface area contributed by atoms with Crippen molar-refractivity contribution in [1.29, 1.82) is 0 Å². The second-order valence-electron chi connectivity index (χ2n) is 22.7. The van der Waals surface area contributed by atoms with Gasteiger partial charge in [0, 0.05) is 79.0 Å². The largest absolute Gasteiger partial charge is 0.311 e. The van der Waals surface area contributed by atoms with Crippen LogP contribution in [0.5, 0.6) is 0 Å². The van der Waals surface area contributed by atoms with Crippen LogP contribution in [0.3, 0.4) is 0 Å². The molecule has 0 N–H and O–H groups in total. The summed E-state index contributed by atoms with van der Waals surface area (Å²) in [7, 11) is 0. The average Bonchev–Trinajstić information content (AvgIpc) is 0.768. The van der Waals surface area contributed by atoms with Gasteiger partial charge in [0.25, 0.3) is 13.4 Å². The van der Waals surface area contributed by atoms with E-state index in [1.807, 2.05) is 0 Å². The van der Waals surface area contributed by atoms with Crippen molar-refractivity contribution in [2.75, 3.05) is 24.5 Å². The normalized spacial score (nSPS) is 13.2. The van der Waals surface area contributed by atoms with Crippen molar-refractivity contribution in [1.82, 2.24) is 9.55 Å². The topological polar surface area (TPSA) is 34.0 Å². The first-order valence-electron chi connectivity index (χ1n) is 29.6. The summed E-state index contributed by atoms with van der Waals surface area (Å²) in [6.45, 7) is -0.405. The first-order chi connectivity index (χ1) is 42.7. The van der Waals surface area contributed by atoms with E-state index >= 15 is 0 Å². The van der Waals surface area contributed by atoms with Crippen LogP contribution in [0.25, 0.3) is 27.5 Å². The predicted molar refractivity (Wildman–Crippen MR) is 361 cm³/mol. The van der Waals surface area contributed by atoms with Gasteiger partial charge in [-0.25, -0.2) is 4.98 Å². The fraction of sp³-hybridized carbons (Fsp3) is 0. The van der Waals surface area contributed by atoms with Crippen molar-refractivity contribution in [3.63, 3.8) is 0 Å². The summed E-state index contributed by atoms with van der Waals surface area (Å²) in [6, 6.07) is 113. The molecule has 0 fully saturated rings. The molecule has 86 heavy (non-hydrogen) atoms. The zero-order chi connectivity index (χ0) is 56.4. The Bertz CT molecular complexity index is 4890. The molecule has 7 nitrogen and oxygen atoms in total. The molecule has 0 amide bonds. The van der Waals surface area contributed by atoms with E-state index in [1.165, 1.54) is 32.6 Å². The van der Waals surface area contributed by atoms with Gasteiger partial charge < -0.3 is 19.3 Å². The summed E-state index contributed by atoms with van der Waals surface area (Å²) in [4.78, 5) is 18.7. The Kier molecular flexibility index (Phi) is 10.7. The van der Waals surface area contributed by atoms with Gasteiger partial charge in [-0.3, -0.25) is 9.80 Å².